The molecule has 0 bridgehead atoms. The number of ether oxygens (including phenoxy) is 1. The molecule has 0 atom stereocenters. The summed E-state index contributed by atoms with van der Waals surface area (Å²) in [7, 11) is 0. The number of nitrogens with zero attached hydrogens (tertiary/aromatic N) is 3. The monoisotopic (exact) mass is 462 g/mol. The van der Waals surface area contributed by atoms with E-state index in [9.17, 15) is 14.4 Å². The molecule has 2 fully saturated rings. The first-order valence-corrected chi connectivity index (χ1v) is 12.4. The van der Waals surface area contributed by atoms with Gasteiger partial charge in [0.05, 0.1) is 5.69 Å². The lowest BCUT2D eigenvalue weighted by Crippen LogP contribution is -2.60. The molecular formula is C21H26N4O4S2. The Kier molecular flexibility index (Phi) is 8.03. The van der Waals surface area contributed by atoms with E-state index in [1.165, 1.54) is 5.57 Å². The Morgan fingerprint density at radius 2 is 1.58 bits per heavy atom. The molecule has 0 saturated carbocycles. The first kappa shape index (κ1) is 23.2. The van der Waals surface area contributed by atoms with E-state index >= 15 is 0 Å². The molecule has 8 nitrogen and oxygen atoms in total. The predicted octanol–water partition coefficient (Wildman–Crippen LogP) is 3.07. The molecule has 0 aliphatic carbocycles. The second-order valence-electron chi connectivity index (χ2n) is 7.00. The Balaban J connectivity index is 1.64. The minimum absolute atomic E-state index is 0.122. The summed E-state index contributed by atoms with van der Waals surface area (Å²) in [6, 6.07) is 6.56. The largest absolute Gasteiger partial charge is 0.489 e. The zero-order chi connectivity index (χ0) is 22.4. The number of amides is 4. The van der Waals surface area contributed by atoms with E-state index in [0.29, 0.717) is 5.69 Å². The zero-order valence-electron chi connectivity index (χ0n) is 17.6. The van der Waals surface area contributed by atoms with Gasteiger partial charge in [0.1, 0.15) is 11.9 Å². The van der Waals surface area contributed by atoms with Crippen LogP contribution in [0.25, 0.3) is 0 Å². The van der Waals surface area contributed by atoms with Gasteiger partial charge in [0.2, 0.25) is 5.71 Å². The minimum Gasteiger partial charge on any atom is -0.489 e. The van der Waals surface area contributed by atoms with Crippen LogP contribution in [0, 0.1) is 0 Å². The number of urea groups is 1. The summed E-state index contributed by atoms with van der Waals surface area (Å²) < 4.78 is 6.08. The predicted molar refractivity (Wildman–Crippen MR) is 126 cm³/mol. The van der Waals surface area contributed by atoms with Crippen molar-refractivity contribution in [3.8, 4) is 5.75 Å². The average Bonchev–Trinajstić information content (AvgIpc) is 2.73. The van der Waals surface area contributed by atoms with Crippen molar-refractivity contribution in [2.45, 2.75) is 20.0 Å². The molecule has 10 heteroatoms. The minimum atomic E-state index is -0.698. The van der Waals surface area contributed by atoms with Crippen LogP contribution < -0.4 is 10.2 Å². The summed E-state index contributed by atoms with van der Waals surface area (Å²) in [6.45, 7) is 7.73. The van der Waals surface area contributed by atoms with Gasteiger partial charge in [0.25, 0.3) is 11.8 Å². The normalized spacial score (nSPS) is 18.7. The lowest BCUT2D eigenvalue weighted by molar-refractivity contribution is -0.130. The number of thioether (sulfide) groups is 2. The van der Waals surface area contributed by atoms with Crippen LogP contribution in [0.1, 0.15) is 13.8 Å². The SMILES string of the molecule is C=C1CSCC(Oc2ccc(NN=C3C(=O)N(CC)C(=O)N(CC)C3=O)cc2)CSC1. The van der Waals surface area contributed by atoms with E-state index in [0.717, 1.165) is 38.6 Å². The van der Waals surface area contributed by atoms with Crippen LogP contribution in [-0.2, 0) is 9.59 Å². The molecule has 166 valence electrons. The summed E-state index contributed by atoms with van der Waals surface area (Å²) in [5, 5.41) is 4.00. The Morgan fingerprint density at radius 1 is 1.03 bits per heavy atom. The Morgan fingerprint density at radius 3 is 2.10 bits per heavy atom. The van der Waals surface area contributed by atoms with Gasteiger partial charge in [-0.1, -0.05) is 12.2 Å². The highest BCUT2D eigenvalue weighted by Crippen LogP contribution is 2.24. The van der Waals surface area contributed by atoms with Crippen LogP contribution >= 0.6 is 23.5 Å². The fourth-order valence-electron chi connectivity index (χ4n) is 3.07. The lowest BCUT2D eigenvalue weighted by Gasteiger charge is -2.31. The molecule has 2 aliphatic rings. The van der Waals surface area contributed by atoms with Crippen LogP contribution in [0.4, 0.5) is 10.5 Å². The summed E-state index contributed by atoms with van der Waals surface area (Å²) in [4.78, 5) is 39.1. The quantitative estimate of drug-likeness (QED) is 0.513. The number of hydrazone groups is 1. The number of nitrogens with one attached hydrogen (secondary N) is 1. The highest BCUT2D eigenvalue weighted by atomic mass is 32.2. The standard InChI is InChI=1S/C21H26N4O4S2/c1-4-24-19(26)18(20(27)25(5-2)21(24)28)23-22-15-6-8-16(9-7-15)29-17-12-30-10-14(3)11-31-13-17/h6-9,17,22H,3-5,10-13H2,1-2H3. The van der Waals surface area contributed by atoms with Crippen molar-refractivity contribution in [2.24, 2.45) is 5.10 Å². The summed E-state index contributed by atoms with van der Waals surface area (Å²) in [5.41, 5.74) is 4.29. The first-order valence-electron chi connectivity index (χ1n) is 10.0. The van der Waals surface area contributed by atoms with E-state index < -0.39 is 17.8 Å². The number of carbonyl (C=O) groups excluding carboxylic acids is 3. The number of carbonyl (C=O) groups is 3. The molecule has 3 rings (SSSR count). The molecule has 1 aromatic carbocycles. The summed E-state index contributed by atoms with van der Waals surface area (Å²) in [6.07, 6.45) is 0.122. The highest BCUT2D eigenvalue weighted by Gasteiger charge is 2.42. The maximum absolute atomic E-state index is 12.5. The number of rotatable bonds is 6. The van der Waals surface area contributed by atoms with Gasteiger partial charge >= 0.3 is 6.03 Å². The fourth-order valence-corrected chi connectivity index (χ4v) is 5.26. The van der Waals surface area contributed by atoms with Gasteiger partial charge < -0.3 is 4.74 Å². The number of hydrogen-bond acceptors (Lipinski definition) is 8. The van der Waals surface area contributed by atoms with Crippen LogP contribution in [0.2, 0.25) is 0 Å². The topological polar surface area (TPSA) is 91.3 Å². The van der Waals surface area contributed by atoms with Gasteiger partial charge in [-0.3, -0.25) is 24.8 Å². The van der Waals surface area contributed by atoms with Crippen LogP contribution in [0.3, 0.4) is 0 Å². The average molecular weight is 463 g/mol. The molecule has 31 heavy (non-hydrogen) atoms. The molecule has 0 unspecified atom stereocenters. The van der Waals surface area contributed by atoms with Crippen molar-refractivity contribution >= 4 is 52.8 Å². The van der Waals surface area contributed by atoms with Gasteiger partial charge in [-0.05, 0) is 38.1 Å². The Hall–Kier alpha value is -2.46. The van der Waals surface area contributed by atoms with E-state index in [4.69, 9.17) is 4.74 Å². The first-order chi connectivity index (χ1) is 14.9. The third-order valence-electron chi connectivity index (χ3n) is 4.66. The van der Waals surface area contributed by atoms with Crippen molar-refractivity contribution in [1.82, 2.24) is 9.80 Å². The molecule has 0 aromatic heterocycles. The van der Waals surface area contributed by atoms with Crippen LogP contribution in [0.15, 0.2) is 41.5 Å². The maximum atomic E-state index is 12.5. The Labute approximate surface area is 190 Å². The van der Waals surface area contributed by atoms with Crippen molar-refractivity contribution < 1.29 is 19.1 Å². The summed E-state index contributed by atoms with van der Waals surface area (Å²) >= 11 is 3.66. The molecule has 4 amide bonds. The smallest absolute Gasteiger partial charge is 0.334 e. The lowest BCUT2D eigenvalue weighted by atomic mass is 10.2. The van der Waals surface area contributed by atoms with Crippen LogP contribution in [-0.4, -0.2) is 75.6 Å². The number of barbiturate groups is 1. The zero-order valence-corrected chi connectivity index (χ0v) is 19.3. The third kappa shape index (κ3) is 5.62. The van der Waals surface area contributed by atoms with Crippen LogP contribution in [0.5, 0.6) is 5.75 Å². The van der Waals surface area contributed by atoms with Crippen molar-refractivity contribution in [3.05, 3.63) is 36.4 Å². The fraction of sp³-hybridized carbons (Fsp3) is 0.429. The molecule has 1 N–H and O–H groups in total. The van der Waals surface area contributed by atoms with Gasteiger partial charge in [0, 0.05) is 36.1 Å². The third-order valence-corrected chi connectivity index (χ3v) is 7.10. The molecule has 2 saturated heterocycles. The van der Waals surface area contributed by atoms with E-state index in [1.807, 2.05) is 35.7 Å². The van der Waals surface area contributed by atoms with Gasteiger partial charge in [0.15, 0.2) is 0 Å². The number of hydrogen-bond donors (Lipinski definition) is 1. The molecule has 0 spiro atoms. The van der Waals surface area contributed by atoms with Crippen molar-refractivity contribution in [2.75, 3.05) is 41.5 Å². The number of anilines is 1. The van der Waals surface area contributed by atoms with Gasteiger partial charge in [-0.2, -0.15) is 28.6 Å². The molecular weight excluding hydrogens is 436 g/mol. The van der Waals surface area contributed by atoms with Crippen molar-refractivity contribution in [3.63, 3.8) is 0 Å². The number of benzene rings is 1. The van der Waals surface area contributed by atoms with Gasteiger partial charge in [-0.15, -0.1) is 0 Å². The van der Waals surface area contributed by atoms with E-state index in [1.54, 1.807) is 26.0 Å². The highest BCUT2D eigenvalue weighted by molar-refractivity contribution is 8.01. The maximum Gasteiger partial charge on any atom is 0.334 e. The van der Waals surface area contributed by atoms with Gasteiger partial charge in [-0.25, -0.2) is 4.79 Å². The second-order valence-corrected chi connectivity index (χ2v) is 9.06. The molecule has 1 aromatic rings. The molecule has 2 aliphatic heterocycles. The molecule has 0 radical (unpaired) electrons. The van der Waals surface area contributed by atoms with E-state index in [-0.39, 0.29) is 24.9 Å². The number of imide groups is 2. The Bertz CT molecular complexity index is 848. The van der Waals surface area contributed by atoms with E-state index in [2.05, 4.69) is 17.1 Å². The summed E-state index contributed by atoms with van der Waals surface area (Å²) in [5.74, 6) is 3.09. The second kappa shape index (κ2) is 10.7. The molecule has 2 heterocycles. The van der Waals surface area contributed by atoms with Crippen molar-refractivity contribution in [1.29, 1.82) is 0 Å².